The first-order valence-electron chi connectivity index (χ1n) is 18.9. The van der Waals surface area contributed by atoms with Crippen LogP contribution in [0.5, 0.6) is 11.5 Å². The number of azide groups is 2. The number of rotatable bonds is 11. The van der Waals surface area contributed by atoms with Crippen molar-refractivity contribution in [1.82, 2.24) is 0 Å². The first-order chi connectivity index (χ1) is 32.2. The Morgan fingerprint density at radius 1 is 0.643 bits per heavy atom. The Bertz CT molecular complexity index is 3460. The van der Waals surface area contributed by atoms with Gasteiger partial charge in [-0.1, -0.05) is 108 Å². The van der Waals surface area contributed by atoms with Crippen molar-refractivity contribution < 1.29 is 155 Å². The molecular formula is C46H37BrK2N6O13S2. The number of ether oxygens (including phenoxy) is 1. The largest absolute Gasteiger partial charge is 1.00 e. The van der Waals surface area contributed by atoms with E-state index in [2.05, 4.69) is 39.7 Å². The van der Waals surface area contributed by atoms with Crippen LogP contribution in [0.3, 0.4) is 0 Å². The first-order valence-corrected chi connectivity index (χ1v) is 22.9. The second kappa shape index (κ2) is 30.0. The Labute approximate surface area is 494 Å². The Morgan fingerprint density at radius 2 is 1.06 bits per heavy atom. The fourth-order valence-corrected chi connectivity index (χ4v) is 7.44. The third kappa shape index (κ3) is 17.7. The van der Waals surface area contributed by atoms with E-state index in [1.54, 1.807) is 48.5 Å². The number of hydrogen-bond acceptors (Lipinski definition) is 13. The minimum Gasteiger partial charge on any atom is -1.00 e. The number of phenols is 1. The van der Waals surface area contributed by atoms with Gasteiger partial charge in [-0.15, -0.1) is 0 Å². The number of hydrogen-bond donors (Lipinski definition) is 1. The van der Waals surface area contributed by atoms with Crippen molar-refractivity contribution in [3.63, 3.8) is 0 Å². The van der Waals surface area contributed by atoms with Gasteiger partial charge in [0.15, 0.2) is 10.9 Å². The monoisotopic (exact) mass is 1100 g/mol. The van der Waals surface area contributed by atoms with Gasteiger partial charge in [-0.05, 0) is 70.7 Å². The van der Waals surface area contributed by atoms with Gasteiger partial charge < -0.3 is 30.2 Å². The average molecular weight is 1100 g/mol. The molecule has 2 aromatic heterocycles. The van der Waals surface area contributed by atoms with Crippen LogP contribution in [0, 0.1) is 0 Å². The van der Waals surface area contributed by atoms with Gasteiger partial charge in [0, 0.05) is 59.6 Å². The second-order valence-corrected chi connectivity index (χ2v) is 16.9. The van der Waals surface area contributed by atoms with E-state index in [9.17, 15) is 31.5 Å². The summed E-state index contributed by atoms with van der Waals surface area (Å²) in [5.74, 6) is 1.54. The van der Waals surface area contributed by atoms with Crippen molar-refractivity contribution in [2.75, 3.05) is 0 Å². The molecule has 350 valence electrons. The molecule has 2 heterocycles. The molecule has 0 bridgehead atoms. The van der Waals surface area contributed by atoms with Crippen LogP contribution in [0.1, 0.15) is 20.0 Å². The molecule has 0 atom stereocenters. The molecule has 8 rings (SSSR count). The summed E-state index contributed by atoms with van der Waals surface area (Å²) in [6, 6.07) is 43.0. The molecule has 0 spiro atoms. The van der Waals surface area contributed by atoms with Crippen LogP contribution in [-0.4, -0.2) is 28.4 Å². The molecule has 1 N–H and O–H groups in total. The summed E-state index contributed by atoms with van der Waals surface area (Å²) in [6.07, 6.45) is 0. The number of carbonyl (C=O) groups is 1. The third-order valence-electron chi connectivity index (χ3n) is 8.86. The zero-order valence-corrected chi connectivity index (χ0v) is 45.7. The summed E-state index contributed by atoms with van der Waals surface area (Å²) >= 11 is 3.23. The van der Waals surface area contributed by atoms with Crippen molar-refractivity contribution >= 4 is 64.4 Å². The van der Waals surface area contributed by atoms with E-state index < -0.39 is 20.0 Å². The predicted molar refractivity (Wildman–Crippen MR) is 255 cm³/mol. The summed E-state index contributed by atoms with van der Waals surface area (Å²) in [7, 11) is -7.87. The maximum absolute atomic E-state index is 12.4. The Kier molecular flexibility index (Phi) is 26.3. The molecule has 0 saturated carbocycles. The molecule has 0 radical (unpaired) electrons. The van der Waals surface area contributed by atoms with E-state index in [1.807, 2.05) is 60.7 Å². The van der Waals surface area contributed by atoms with Crippen molar-refractivity contribution in [2.24, 2.45) is 9.04 Å². The van der Waals surface area contributed by atoms with Crippen LogP contribution in [0.25, 0.3) is 65.5 Å². The molecule has 70 heavy (non-hydrogen) atoms. The van der Waals surface area contributed by atoms with Crippen LogP contribution < -0.4 is 124 Å². The summed E-state index contributed by atoms with van der Waals surface area (Å²) in [4.78, 5) is 40.1. The molecule has 0 aliphatic carbocycles. The number of carbonyl (C=O) groups excluding carboxylic acids is 1. The maximum Gasteiger partial charge on any atom is 1.00 e. The molecular weight excluding hydrogens is 1070 g/mol. The number of sulfonamides is 2. The second-order valence-electron chi connectivity index (χ2n) is 13.2. The SMILES string of the molecule is C.O=CO[O-].O=c1cc(-c2ccccc2)oc2cc(O)ccc12.[H-].[K+].[K+].[N-]=[N+]=NS(=O)(=O)c1ccc(CBr)cc1.[N-]=[N+]=NS(=O)(=O)c1ccc(COc2ccc3c(=O)cc(-c4ccccc4)oc3c2)cc1. The van der Waals surface area contributed by atoms with Crippen LogP contribution >= 0.6 is 15.9 Å². The summed E-state index contributed by atoms with van der Waals surface area (Å²) in [6.45, 7) is -0.0179. The Morgan fingerprint density at radius 3 is 1.47 bits per heavy atom. The van der Waals surface area contributed by atoms with Crippen LogP contribution in [-0.2, 0) is 41.7 Å². The van der Waals surface area contributed by atoms with Gasteiger partial charge in [0.25, 0.3) is 26.5 Å². The predicted octanol–water partition coefficient (Wildman–Crippen LogP) is 3.98. The number of halogens is 1. The molecule has 0 saturated heterocycles. The van der Waals surface area contributed by atoms with E-state index in [1.165, 1.54) is 48.5 Å². The molecule has 8 aromatic rings. The van der Waals surface area contributed by atoms with E-state index in [-0.39, 0.29) is 151 Å². The topological polar surface area (TPSA) is 305 Å². The summed E-state index contributed by atoms with van der Waals surface area (Å²) < 4.78 is 68.7. The van der Waals surface area contributed by atoms with E-state index >= 15 is 0 Å². The molecule has 19 nitrogen and oxygen atoms in total. The van der Waals surface area contributed by atoms with Gasteiger partial charge in [-0.3, -0.25) is 14.4 Å². The molecule has 0 amide bonds. The molecule has 6 aromatic carbocycles. The van der Waals surface area contributed by atoms with E-state index in [0.29, 0.717) is 50.1 Å². The number of fused-ring (bicyclic) bond motifs is 2. The van der Waals surface area contributed by atoms with Crippen molar-refractivity contribution in [3.8, 4) is 34.1 Å². The number of benzene rings is 6. The smallest absolute Gasteiger partial charge is 1.00 e. The van der Waals surface area contributed by atoms with Gasteiger partial charge in [0.05, 0.1) is 20.6 Å². The molecule has 0 unspecified atom stereocenters. The molecule has 0 aliphatic heterocycles. The minimum atomic E-state index is -4.02. The third-order valence-corrected chi connectivity index (χ3v) is 11.8. The maximum atomic E-state index is 12.4. The fraction of sp³-hybridized carbons (Fsp3) is 0.0652. The van der Waals surface area contributed by atoms with E-state index in [4.69, 9.17) is 34.7 Å². The normalized spacial score (nSPS) is 10.1. The van der Waals surface area contributed by atoms with Gasteiger partial charge in [0.2, 0.25) is 0 Å². The Hall–Kier alpha value is -4.96. The molecule has 24 heteroatoms. The standard InChI is InChI=1S/C22H15N3O5S.C15H10O3.C7H6BrN3O2S.CH2O3.CH4.2K.H/c23-24-25-31(27,28)18-9-6-15(7-10-18)14-29-17-8-11-19-20(26)13-21(30-22(19)12-17)16-4-2-1-3-5-16;16-11-6-7-12-13(17)9-14(18-15(12)8-11)10-4-2-1-3-5-10;8-5-6-1-3-7(4-2-6)14(12,13)11-10-9;2-1-4-3;;;;/h1-13H,14H2;1-9,16H;1-4H,5H2;1,3H;1H4;;;/q;;;;;2*+1;-1/p-1. The van der Waals surface area contributed by atoms with Gasteiger partial charge in [-0.25, -0.2) is 16.8 Å². The number of alkyl halides is 1. The van der Waals surface area contributed by atoms with Crippen molar-refractivity contribution in [3.05, 3.63) is 210 Å². The fourth-order valence-electron chi connectivity index (χ4n) is 5.72. The quantitative estimate of drug-likeness (QED) is 0.0281. The van der Waals surface area contributed by atoms with Crippen LogP contribution in [0.15, 0.2) is 195 Å². The number of nitrogens with zero attached hydrogens (tertiary/aromatic N) is 6. The molecule has 0 aliphatic rings. The van der Waals surface area contributed by atoms with Crippen LogP contribution in [0.4, 0.5) is 0 Å². The zero-order chi connectivity index (χ0) is 48.4. The first kappa shape index (κ1) is 61.2. The van der Waals surface area contributed by atoms with Gasteiger partial charge in [-0.2, -0.15) is 0 Å². The van der Waals surface area contributed by atoms with Gasteiger partial charge >= 0.3 is 103 Å². The Balaban J connectivity index is 0.000000539. The summed E-state index contributed by atoms with van der Waals surface area (Å²) in [5, 5.41) is 19.4. The summed E-state index contributed by atoms with van der Waals surface area (Å²) in [5.41, 5.74) is 20.2. The van der Waals surface area contributed by atoms with Crippen molar-refractivity contribution in [2.45, 2.75) is 29.2 Å². The molecule has 0 fully saturated rings. The average Bonchev–Trinajstić information content (AvgIpc) is 3.34. The zero-order valence-electron chi connectivity index (χ0n) is 37.2. The number of phenolic OH excluding ortho intramolecular Hbond substituents is 1. The number of aromatic hydroxyl groups is 1. The minimum absolute atomic E-state index is 0. The van der Waals surface area contributed by atoms with Gasteiger partial charge in [0.1, 0.15) is 40.8 Å². The van der Waals surface area contributed by atoms with Crippen LogP contribution in [0.2, 0.25) is 0 Å². The van der Waals surface area contributed by atoms with E-state index in [0.717, 1.165) is 16.7 Å². The van der Waals surface area contributed by atoms with Crippen molar-refractivity contribution in [1.29, 1.82) is 0 Å².